The van der Waals surface area contributed by atoms with Gasteiger partial charge in [0.15, 0.2) is 0 Å². The van der Waals surface area contributed by atoms with Gasteiger partial charge in [-0.3, -0.25) is 14.4 Å². The molecule has 2 fully saturated rings. The Morgan fingerprint density at radius 2 is 1.82 bits per heavy atom. The Kier molecular flexibility index (Phi) is 9.76. The number of hydrogen-bond donors (Lipinski definition) is 2. The first-order valence-corrected chi connectivity index (χ1v) is 14.9. The fourth-order valence-corrected chi connectivity index (χ4v) is 6.69. The van der Waals surface area contributed by atoms with Crippen LogP contribution in [-0.4, -0.2) is 41.7 Å². The van der Waals surface area contributed by atoms with E-state index >= 15 is 4.39 Å². The largest absolute Gasteiger partial charge is 0.481 e. The minimum absolute atomic E-state index is 0.0270. The number of carboxylic acid groups (broad SMARTS) is 1. The van der Waals surface area contributed by atoms with Crippen molar-refractivity contribution < 1.29 is 33.4 Å². The highest BCUT2D eigenvalue weighted by Crippen LogP contribution is 2.49. The van der Waals surface area contributed by atoms with Crippen LogP contribution in [0.15, 0.2) is 72.8 Å². The van der Waals surface area contributed by atoms with E-state index in [1.807, 2.05) is 42.5 Å². The molecule has 7 nitrogen and oxygen atoms in total. The number of hydrogen-bond acceptors (Lipinski definition) is 5. The molecule has 1 spiro atoms. The van der Waals surface area contributed by atoms with Crippen molar-refractivity contribution in [1.82, 2.24) is 5.32 Å². The van der Waals surface area contributed by atoms with Crippen LogP contribution in [-0.2, 0) is 36.9 Å². The summed E-state index contributed by atoms with van der Waals surface area (Å²) in [6.07, 6.45) is 1.16. The molecule has 0 bridgehead atoms. The molecule has 3 unspecified atom stereocenters. The van der Waals surface area contributed by atoms with Crippen molar-refractivity contribution in [2.45, 2.75) is 51.2 Å². The van der Waals surface area contributed by atoms with Crippen molar-refractivity contribution in [2.24, 2.45) is 17.8 Å². The zero-order chi connectivity index (χ0) is 31.1. The predicted octanol–water partition coefficient (Wildman–Crippen LogP) is 5.54. The van der Waals surface area contributed by atoms with Crippen LogP contribution < -0.4 is 5.32 Å². The van der Waals surface area contributed by atoms with Crippen LogP contribution in [0.1, 0.15) is 49.3 Å². The van der Waals surface area contributed by atoms with E-state index in [0.29, 0.717) is 35.3 Å². The first-order valence-electron chi connectivity index (χ1n) is 14.9. The number of carboxylic acids is 1. The van der Waals surface area contributed by atoms with Gasteiger partial charge in [0.25, 0.3) is 0 Å². The second-order valence-corrected chi connectivity index (χ2v) is 11.7. The number of benzene rings is 3. The second-order valence-electron chi connectivity index (χ2n) is 11.7. The molecule has 8 heteroatoms. The number of rotatable bonds is 9. The van der Waals surface area contributed by atoms with E-state index in [9.17, 15) is 14.4 Å². The SMILES string of the molecule is C[C@@H]1CC2(COCC(=O)N2)C(Cc2cccc(-c3ccccc3C#CCCC(=O)O)c2F)C1CC(=O)OCc1ccccc1. The number of esters is 1. The van der Waals surface area contributed by atoms with Crippen molar-refractivity contribution >= 4 is 17.8 Å². The molecule has 1 amide bonds. The minimum Gasteiger partial charge on any atom is -0.481 e. The van der Waals surface area contributed by atoms with E-state index in [2.05, 4.69) is 24.1 Å². The number of carbonyl (C=O) groups is 3. The molecule has 1 saturated carbocycles. The van der Waals surface area contributed by atoms with Crippen LogP contribution in [0.4, 0.5) is 4.39 Å². The lowest BCUT2D eigenvalue weighted by atomic mass is 9.76. The Morgan fingerprint density at radius 3 is 2.59 bits per heavy atom. The van der Waals surface area contributed by atoms with Gasteiger partial charge in [-0.05, 0) is 47.8 Å². The highest BCUT2D eigenvalue weighted by molar-refractivity contribution is 5.79. The highest BCUT2D eigenvalue weighted by Gasteiger charge is 2.54. The zero-order valence-electron chi connectivity index (χ0n) is 24.7. The molecular formula is C36H36FNO6. The molecule has 1 aliphatic heterocycles. The van der Waals surface area contributed by atoms with Crippen molar-refractivity contribution in [3.05, 3.63) is 95.3 Å². The van der Waals surface area contributed by atoms with Crippen LogP contribution in [0.2, 0.25) is 0 Å². The van der Waals surface area contributed by atoms with Gasteiger partial charge in [0.05, 0.1) is 18.6 Å². The summed E-state index contributed by atoms with van der Waals surface area (Å²) in [5.41, 5.74) is 2.23. The van der Waals surface area contributed by atoms with Gasteiger partial charge in [-0.15, -0.1) is 0 Å². The molecule has 5 rings (SSSR count). The van der Waals surface area contributed by atoms with Crippen LogP contribution in [0, 0.1) is 35.4 Å². The lowest BCUT2D eigenvalue weighted by Crippen LogP contribution is -2.60. The van der Waals surface area contributed by atoms with E-state index in [4.69, 9.17) is 14.6 Å². The number of amides is 1. The number of ether oxygens (including phenoxy) is 2. The fraction of sp³-hybridized carbons (Fsp3) is 0.361. The third-order valence-corrected chi connectivity index (χ3v) is 8.69. The van der Waals surface area contributed by atoms with E-state index in [-0.39, 0.29) is 68.5 Å². The van der Waals surface area contributed by atoms with Gasteiger partial charge in [-0.25, -0.2) is 4.39 Å². The standard InChI is InChI=1S/C36H36FNO6/c1-24-20-36(23-43-22-32(39)38-36)31(30(24)19-34(42)44-21-25-10-3-2-4-11-25)18-27-14-9-16-29(35(27)37)28-15-7-5-12-26(28)13-6-8-17-33(40)41/h2-5,7,9-12,14-16,24,30-31H,8,17-23H2,1H3,(H,38,39)(H,40,41)/t24-,30?,31?,36?/m1/s1. The Bertz CT molecular complexity index is 1580. The van der Waals surface area contributed by atoms with Gasteiger partial charge in [-0.1, -0.05) is 85.5 Å². The molecule has 2 aliphatic rings. The summed E-state index contributed by atoms with van der Waals surface area (Å²) in [4.78, 5) is 36.5. The second kappa shape index (κ2) is 13.9. The number of halogens is 1. The summed E-state index contributed by atoms with van der Waals surface area (Å²) < 4.78 is 27.7. The van der Waals surface area contributed by atoms with Crippen LogP contribution in [0.25, 0.3) is 11.1 Å². The molecule has 1 saturated heterocycles. The molecule has 0 aromatic heterocycles. The molecule has 2 N–H and O–H groups in total. The highest BCUT2D eigenvalue weighted by atomic mass is 19.1. The van der Waals surface area contributed by atoms with Gasteiger partial charge in [0, 0.05) is 29.5 Å². The fourth-order valence-electron chi connectivity index (χ4n) is 6.69. The van der Waals surface area contributed by atoms with E-state index < -0.39 is 17.3 Å². The first kappa shape index (κ1) is 31.0. The third-order valence-electron chi connectivity index (χ3n) is 8.69. The monoisotopic (exact) mass is 597 g/mol. The van der Waals surface area contributed by atoms with Crippen molar-refractivity contribution in [2.75, 3.05) is 13.2 Å². The topological polar surface area (TPSA) is 102 Å². The van der Waals surface area contributed by atoms with E-state index in [1.54, 1.807) is 30.3 Å². The van der Waals surface area contributed by atoms with Crippen molar-refractivity contribution in [3.63, 3.8) is 0 Å². The quantitative estimate of drug-likeness (QED) is 0.248. The van der Waals surface area contributed by atoms with Gasteiger partial charge >= 0.3 is 11.9 Å². The summed E-state index contributed by atoms with van der Waals surface area (Å²) in [5, 5.41) is 12.1. The van der Waals surface area contributed by atoms with Crippen LogP contribution >= 0.6 is 0 Å². The molecular weight excluding hydrogens is 561 g/mol. The Balaban J connectivity index is 1.42. The summed E-state index contributed by atoms with van der Waals surface area (Å²) >= 11 is 0. The number of morpholine rings is 1. The lowest BCUT2D eigenvalue weighted by molar-refractivity contribution is -0.147. The van der Waals surface area contributed by atoms with Gasteiger partial charge in [0.1, 0.15) is 19.0 Å². The summed E-state index contributed by atoms with van der Waals surface area (Å²) in [5.74, 6) is 3.62. The molecule has 3 aromatic carbocycles. The predicted molar refractivity (Wildman–Crippen MR) is 163 cm³/mol. The molecule has 1 aliphatic carbocycles. The zero-order valence-corrected chi connectivity index (χ0v) is 24.7. The van der Waals surface area contributed by atoms with Gasteiger partial charge < -0.3 is 19.9 Å². The Morgan fingerprint density at radius 1 is 1.07 bits per heavy atom. The maximum atomic E-state index is 16.4. The molecule has 0 radical (unpaired) electrons. The maximum Gasteiger partial charge on any atom is 0.306 e. The average Bonchev–Trinajstić information content (AvgIpc) is 3.24. The number of nitrogens with one attached hydrogen (secondary N) is 1. The van der Waals surface area contributed by atoms with E-state index in [0.717, 1.165) is 5.56 Å². The van der Waals surface area contributed by atoms with Gasteiger partial charge in [0.2, 0.25) is 5.91 Å². The van der Waals surface area contributed by atoms with Crippen LogP contribution in [0.3, 0.4) is 0 Å². The minimum atomic E-state index is -0.923. The Hall–Kier alpha value is -4.48. The van der Waals surface area contributed by atoms with Crippen molar-refractivity contribution in [3.8, 4) is 23.0 Å². The average molecular weight is 598 g/mol. The van der Waals surface area contributed by atoms with Gasteiger partial charge in [-0.2, -0.15) is 0 Å². The first-order chi connectivity index (χ1) is 21.3. The summed E-state index contributed by atoms with van der Waals surface area (Å²) in [6.45, 7) is 2.50. The Labute approximate surface area is 256 Å². The summed E-state index contributed by atoms with van der Waals surface area (Å²) in [6, 6.07) is 21.9. The number of aliphatic carboxylic acids is 1. The molecule has 1 heterocycles. The molecule has 228 valence electrons. The number of carbonyl (C=O) groups excluding carboxylic acids is 2. The normalized spacial score (nSPS) is 22.6. The maximum absolute atomic E-state index is 16.4. The van der Waals surface area contributed by atoms with Crippen molar-refractivity contribution in [1.29, 1.82) is 0 Å². The third kappa shape index (κ3) is 7.17. The summed E-state index contributed by atoms with van der Waals surface area (Å²) in [7, 11) is 0. The van der Waals surface area contributed by atoms with E-state index in [1.165, 1.54) is 0 Å². The lowest BCUT2D eigenvalue weighted by Gasteiger charge is -2.41. The smallest absolute Gasteiger partial charge is 0.306 e. The molecule has 3 aromatic rings. The molecule has 4 atom stereocenters. The molecule has 44 heavy (non-hydrogen) atoms. The van der Waals surface area contributed by atoms with Crippen LogP contribution in [0.5, 0.6) is 0 Å².